The van der Waals surface area contributed by atoms with Gasteiger partial charge >= 0.3 is 0 Å². The van der Waals surface area contributed by atoms with Crippen LogP contribution in [0.15, 0.2) is 36.3 Å². The molecular formula is C12H16N2O3S. The Morgan fingerprint density at radius 2 is 2.17 bits per heavy atom. The van der Waals surface area contributed by atoms with Crippen molar-refractivity contribution in [3.05, 3.63) is 31.1 Å². The number of allylic oxidation sites excluding steroid dienone is 1. The van der Waals surface area contributed by atoms with E-state index in [1.54, 1.807) is 12.1 Å². The summed E-state index contributed by atoms with van der Waals surface area (Å²) in [6, 6.07) is 1.60. The molecule has 1 saturated heterocycles. The Labute approximate surface area is 107 Å². The summed E-state index contributed by atoms with van der Waals surface area (Å²) < 4.78 is 30.3. The van der Waals surface area contributed by atoms with Crippen LogP contribution in [-0.2, 0) is 14.6 Å². The number of hydrogen-bond donors (Lipinski definition) is 0. The quantitative estimate of drug-likeness (QED) is 0.607. The first-order valence-electron chi connectivity index (χ1n) is 5.86. The highest BCUT2D eigenvalue weighted by Gasteiger charge is 2.37. The summed E-state index contributed by atoms with van der Waals surface area (Å²) in [5.74, 6) is -0.0648. The zero-order chi connectivity index (χ0) is 13.0. The highest BCUT2D eigenvalue weighted by molar-refractivity contribution is 7.91. The molecule has 1 aromatic rings. The van der Waals surface area contributed by atoms with Gasteiger partial charge in [-0.05, 0) is 18.9 Å². The van der Waals surface area contributed by atoms with E-state index in [1.165, 1.54) is 12.4 Å². The van der Waals surface area contributed by atoms with Crippen LogP contribution in [0.3, 0.4) is 0 Å². The van der Waals surface area contributed by atoms with Gasteiger partial charge in [0.25, 0.3) is 0 Å². The van der Waals surface area contributed by atoms with Crippen molar-refractivity contribution in [2.24, 2.45) is 5.92 Å². The van der Waals surface area contributed by atoms with Crippen LogP contribution in [0.4, 0.5) is 0 Å². The molecule has 2 heterocycles. The molecular weight excluding hydrogens is 252 g/mol. The van der Waals surface area contributed by atoms with Crippen molar-refractivity contribution in [3.63, 3.8) is 0 Å². The van der Waals surface area contributed by atoms with E-state index in [9.17, 15) is 8.42 Å². The molecule has 0 spiro atoms. The minimum atomic E-state index is -3.48. The van der Waals surface area contributed by atoms with Gasteiger partial charge in [-0.1, -0.05) is 6.08 Å². The van der Waals surface area contributed by atoms with E-state index < -0.39 is 15.1 Å². The maximum atomic E-state index is 12.5. The fourth-order valence-electron chi connectivity index (χ4n) is 2.19. The molecule has 98 valence electrons. The van der Waals surface area contributed by atoms with Gasteiger partial charge in [0, 0.05) is 24.9 Å². The van der Waals surface area contributed by atoms with E-state index in [-0.39, 0.29) is 11.1 Å². The summed E-state index contributed by atoms with van der Waals surface area (Å²) in [7, 11) is -3.48. The van der Waals surface area contributed by atoms with Crippen LogP contribution in [0.2, 0.25) is 0 Å². The second-order valence-corrected chi connectivity index (χ2v) is 6.32. The summed E-state index contributed by atoms with van der Waals surface area (Å²) in [5.41, 5.74) is 0. The lowest BCUT2D eigenvalue weighted by Gasteiger charge is -2.29. The Balaban J connectivity index is 2.30. The molecule has 0 aromatic carbocycles. The molecule has 0 unspecified atom stereocenters. The molecule has 0 saturated carbocycles. The maximum Gasteiger partial charge on any atom is 0.247 e. The zero-order valence-corrected chi connectivity index (χ0v) is 10.8. The van der Waals surface area contributed by atoms with Crippen LogP contribution in [0.25, 0.3) is 0 Å². The van der Waals surface area contributed by atoms with E-state index in [2.05, 4.69) is 16.5 Å². The Bertz CT molecular complexity index is 501. The van der Waals surface area contributed by atoms with Gasteiger partial charge in [-0.25, -0.2) is 18.4 Å². The average Bonchev–Trinajstić information content (AvgIpc) is 2.41. The Hall–Kier alpha value is -1.27. The van der Waals surface area contributed by atoms with Crippen molar-refractivity contribution in [1.82, 2.24) is 9.97 Å². The van der Waals surface area contributed by atoms with E-state index in [0.29, 0.717) is 26.1 Å². The molecule has 0 aliphatic carbocycles. The molecule has 18 heavy (non-hydrogen) atoms. The Morgan fingerprint density at radius 3 is 2.83 bits per heavy atom. The van der Waals surface area contributed by atoms with Gasteiger partial charge in [-0.2, -0.15) is 0 Å². The van der Waals surface area contributed by atoms with Crippen molar-refractivity contribution < 1.29 is 13.2 Å². The highest BCUT2D eigenvalue weighted by Crippen LogP contribution is 2.28. The monoisotopic (exact) mass is 268 g/mol. The molecule has 1 aliphatic heterocycles. The summed E-state index contributed by atoms with van der Waals surface area (Å²) in [4.78, 5) is 7.71. The molecule has 6 heteroatoms. The van der Waals surface area contributed by atoms with Crippen LogP contribution < -0.4 is 0 Å². The average molecular weight is 268 g/mol. The lowest BCUT2D eigenvalue weighted by molar-refractivity contribution is 0.0581. The van der Waals surface area contributed by atoms with Crippen molar-refractivity contribution in [2.75, 3.05) is 13.2 Å². The maximum absolute atomic E-state index is 12.5. The van der Waals surface area contributed by atoms with Crippen LogP contribution in [-0.4, -0.2) is 36.8 Å². The standard InChI is InChI=1S/C12H16N2O3S/c1-2-4-10-9-17-8-5-11(10)18(15,16)12-13-6-3-7-14-12/h2-3,6-7,10-11H,1,4-5,8-9H2/t10-,11-/m0/s1. The molecule has 0 radical (unpaired) electrons. The summed E-state index contributed by atoms with van der Waals surface area (Å²) in [6.45, 7) is 4.57. The van der Waals surface area contributed by atoms with Crippen LogP contribution >= 0.6 is 0 Å². The molecule has 1 aromatic heterocycles. The van der Waals surface area contributed by atoms with E-state index >= 15 is 0 Å². The van der Waals surface area contributed by atoms with Gasteiger partial charge in [0.15, 0.2) is 0 Å². The van der Waals surface area contributed by atoms with Crippen molar-refractivity contribution in [3.8, 4) is 0 Å². The molecule has 2 atom stereocenters. The normalized spacial score (nSPS) is 24.7. The largest absolute Gasteiger partial charge is 0.381 e. The summed E-state index contributed by atoms with van der Waals surface area (Å²) in [5, 5.41) is -0.572. The Kier molecular flexibility index (Phi) is 4.08. The predicted molar refractivity (Wildman–Crippen MR) is 66.7 cm³/mol. The lowest BCUT2D eigenvalue weighted by Crippen LogP contribution is -2.38. The van der Waals surface area contributed by atoms with Crippen molar-refractivity contribution in [1.29, 1.82) is 0 Å². The van der Waals surface area contributed by atoms with Crippen molar-refractivity contribution in [2.45, 2.75) is 23.2 Å². The van der Waals surface area contributed by atoms with E-state index in [1.807, 2.05) is 0 Å². The number of aromatic nitrogens is 2. The van der Waals surface area contributed by atoms with Gasteiger partial charge < -0.3 is 4.74 Å². The predicted octanol–water partition coefficient (Wildman–Crippen LogP) is 1.23. The summed E-state index contributed by atoms with van der Waals surface area (Å²) in [6.07, 6.45) is 5.73. The topological polar surface area (TPSA) is 69.2 Å². The SMILES string of the molecule is C=CC[C@H]1COCC[C@@H]1S(=O)(=O)c1ncccn1. The first kappa shape index (κ1) is 13.2. The van der Waals surface area contributed by atoms with Crippen LogP contribution in [0, 0.1) is 5.92 Å². The second kappa shape index (κ2) is 5.58. The third-order valence-electron chi connectivity index (χ3n) is 3.07. The van der Waals surface area contributed by atoms with Gasteiger partial charge in [0.1, 0.15) is 0 Å². The van der Waals surface area contributed by atoms with Crippen LogP contribution in [0.1, 0.15) is 12.8 Å². The zero-order valence-electron chi connectivity index (χ0n) is 10.0. The number of rotatable bonds is 4. The molecule has 5 nitrogen and oxygen atoms in total. The third-order valence-corrected chi connectivity index (χ3v) is 5.21. The third kappa shape index (κ3) is 2.59. The number of nitrogens with zero attached hydrogens (tertiary/aromatic N) is 2. The van der Waals surface area contributed by atoms with Gasteiger partial charge in [-0.3, -0.25) is 0 Å². The minimum Gasteiger partial charge on any atom is -0.381 e. The number of hydrogen-bond acceptors (Lipinski definition) is 5. The van der Waals surface area contributed by atoms with Gasteiger partial charge in [-0.15, -0.1) is 6.58 Å². The molecule has 0 bridgehead atoms. The van der Waals surface area contributed by atoms with E-state index in [0.717, 1.165) is 0 Å². The van der Waals surface area contributed by atoms with Crippen molar-refractivity contribution >= 4 is 9.84 Å². The Morgan fingerprint density at radius 1 is 1.44 bits per heavy atom. The first-order chi connectivity index (χ1) is 8.66. The highest BCUT2D eigenvalue weighted by atomic mass is 32.2. The van der Waals surface area contributed by atoms with E-state index in [4.69, 9.17) is 4.74 Å². The molecule has 0 amide bonds. The van der Waals surface area contributed by atoms with Gasteiger partial charge in [0.2, 0.25) is 15.0 Å². The second-order valence-electron chi connectivity index (χ2n) is 4.26. The van der Waals surface area contributed by atoms with Gasteiger partial charge in [0.05, 0.1) is 11.9 Å². The fraction of sp³-hybridized carbons (Fsp3) is 0.500. The molecule has 2 rings (SSSR count). The number of ether oxygens (including phenoxy) is 1. The first-order valence-corrected chi connectivity index (χ1v) is 7.40. The molecule has 0 N–H and O–H groups in total. The molecule has 1 fully saturated rings. The minimum absolute atomic E-state index is 0.0648. The van der Waals surface area contributed by atoms with Crippen LogP contribution in [0.5, 0.6) is 0 Å². The molecule has 1 aliphatic rings. The summed E-state index contributed by atoms with van der Waals surface area (Å²) >= 11 is 0. The lowest BCUT2D eigenvalue weighted by atomic mass is 9.98. The fourth-order valence-corrected chi connectivity index (χ4v) is 3.98. The number of sulfone groups is 1. The smallest absolute Gasteiger partial charge is 0.247 e.